The van der Waals surface area contributed by atoms with E-state index in [1.54, 1.807) is 6.26 Å². The van der Waals surface area contributed by atoms with Crippen LogP contribution in [0.4, 0.5) is 5.69 Å². The largest absolute Gasteiger partial charge is 0.465 e. The zero-order valence-electron chi connectivity index (χ0n) is 6.75. The van der Waals surface area contributed by atoms with Gasteiger partial charge in [0.15, 0.2) is 5.69 Å². The molecule has 0 saturated carbocycles. The first kappa shape index (κ1) is 8.33. The maximum atomic E-state index is 6.96. The normalized spacial score (nSPS) is 10.2. The van der Waals surface area contributed by atoms with E-state index >= 15 is 0 Å². The molecule has 0 atom stereocenters. The topological polar surface area (TPSA) is 17.5 Å². The van der Waals surface area contributed by atoms with Gasteiger partial charge < -0.3 is 4.42 Å². The third kappa shape index (κ3) is 1.24. The van der Waals surface area contributed by atoms with Gasteiger partial charge in [-0.1, -0.05) is 28.1 Å². The average molecular weight is 236 g/mol. The number of halogens is 1. The molecule has 0 fully saturated rings. The highest BCUT2D eigenvalue weighted by atomic mass is 79.9. The first-order valence-electron chi connectivity index (χ1n) is 3.79. The van der Waals surface area contributed by atoms with Gasteiger partial charge in [-0.3, -0.25) is 0 Å². The Hall–Kier alpha value is -1.27. The van der Waals surface area contributed by atoms with Crippen LogP contribution in [0.1, 0.15) is 5.56 Å². The second-order valence-electron chi connectivity index (χ2n) is 2.65. The van der Waals surface area contributed by atoms with Crippen molar-refractivity contribution in [2.75, 3.05) is 0 Å². The van der Waals surface area contributed by atoms with Gasteiger partial charge in [-0.15, -0.1) is 0 Å². The summed E-state index contributed by atoms with van der Waals surface area (Å²) in [7, 11) is 0. The highest BCUT2D eigenvalue weighted by Gasteiger charge is 2.07. The molecule has 0 saturated heterocycles. The Morgan fingerprint density at radius 2 is 2.23 bits per heavy atom. The molecule has 0 N–H and O–H groups in total. The summed E-state index contributed by atoms with van der Waals surface area (Å²) >= 11 is 3.37. The molecule has 0 amide bonds. The molecule has 2 nitrogen and oxygen atoms in total. The Kier molecular flexibility index (Phi) is 2.07. The van der Waals surface area contributed by atoms with E-state index in [1.807, 2.05) is 18.2 Å². The average Bonchev–Trinajstić information content (AvgIpc) is 2.64. The maximum Gasteiger partial charge on any atom is 0.198 e. The molecule has 0 spiro atoms. The standard InChI is InChI=1S/C10H6BrNO/c1-12-9-3-2-7(6-11)10-8(9)4-5-13-10/h2-5H,6H2. The van der Waals surface area contributed by atoms with Crippen molar-refractivity contribution in [2.45, 2.75) is 5.33 Å². The Balaban J connectivity index is 2.83. The molecule has 0 unspecified atom stereocenters. The molecule has 0 aliphatic heterocycles. The van der Waals surface area contributed by atoms with Crippen LogP contribution in [0.25, 0.3) is 15.8 Å². The number of rotatable bonds is 1. The van der Waals surface area contributed by atoms with Crippen molar-refractivity contribution in [2.24, 2.45) is 0 Å². The molecule has 2 aromatic rings. The molecule has 1 heterocycles. The van der Waals surface area contributed by atoms with Gasteiger partial charge in [-0.25, -0.2) is 4.85 Å². The smallest absolute Gasteiger partial charge is 0.198 e. The minimum absolute atomic E-state index is 0.647. The van der Waals surface area contributed by atoms with E-state index < -0.39 is 0 Å². The molecule has 0 aliphatic rings. The molecular weight excluding hydrogens is 230 g/mol. The molecular formula is C10H6BrNO. The zero-order valence-corrected chi connectivity index (χ0v) is 8.34. The van der Waals surface area contributed by atoms with Crippen LogP contribution in [0.3, 0.4) is 0 Å². The van der Waals surface area contributed by atoms with Crippen molar-refractivity contribution >= 4 is 32.6 Å². The van der Waals surface area contributed by atoms with Crippen LogP contribution >= 0.6 is 15.9 Å². The molecule has 0 bridgehead atoms. The first-order valence-corrected chi connectivity index (χ1v) is 4.91. The van der Waals surface area contributed by atoms with Crippen molar-refractivity contribution in [3.8, 4) is 0 Å². The van der Waals surface area contributed by atoms with Gasteiger partial charge in [-0.05, 0) is 6.07 Å². The Labute approximate surface area is 84.1 Å². The van der Waals surface area contributed by atoms with Crippen LogP contribution < -0.4 is 0 Å². The number of nitrogens with zero attached hydrogens (tertiary/aromatic N) is 1. The van der Waals surface area contributed by atoms with Crippen LogP contribution in [-0.4, -0.2) is 0 Å². The number of furan rings is 1. The van der Waals surface area contributed by atoms with Gasteiger partial charge in [0.2, 0.25) is 0 Å². The second kappa shape index (κ2) is 3.23. The zero-order chi connectivity index (χ0) is 9.26. The lowest BCUT2D eigenvalue weighted by Gasteiger charge is -1.97. The predicted octanol–water partition coefficient (Wildman–Crippen LogP) is 3.88. The first-order chi connectivity index (χ1) is 6.36. The van der Waals surface area contributed by atoms with E-state index in [9.17, 15) is 0 Å². The van der Waals surface area contributed by atoms with Gasteiger partial charge in [0.1, 0.15) is 5.58 Å². The van der Waals surface area contributed by atoms with Crippen LogP contribution in [0.15, 0.2) is 28.9 Å². The third-order valence-electron chi connectivity index (χ3n) is 1.94. The fourth-order valence-electron chi connectivity index (χ4n) is 1.31. The fraction of sp³-hybridized carbons (Fsp3) is 0.100. The maximum absolute atomic E-state index is 6.96. The summed E-state index contributed by atoms with van der Waals surface area (Å²) in [6.07, 6.45) is 1.62. The van der Waals surface area contributed by atoms with Gasteiger partial charge in [-0.2, -0.15) is 0 Å². The summed E-state index contributed by atoms with van der Waals surface area (Å²) in [5.41, 5.74) is 2.53. The van der Waals surface area contributed by atoms with Crippen molar-refractivity contribution < 1.29 is 4.42 Å². The number of alkyl halides is 1. The van der Waals surface area contributed by atoms with E-state index in [0.29, 0.717) is 5.69 Å². The van der Waals surface area contributed by atoms with Crippen molar-refractivity contribution in [1.82, 2.24) is 0 Å². The summed E-state index contributed by atoms with van der Waals surface area (Å²) < 4.78 is 5.31. The van der Waals surface area contributed by atoms with Crippen LogP contribution in [-0.2, 0) is 5.33 Å². The number of hydrogen-bond donors (Lipinski definition) is 0. The molecule has 1 aromatic carbocycles. The van der Waals surface area contributed by atoms with E-state index in [-0.39, 0.29) is 0 Å². The molecule has 13 heavy (non-hydrogen) atoms. The van der Waals surface area contributed by atoms with Crippen molar-refractivity contribution in [1.29, 1.82) is 0 Å². The van der Waals surface area contributed by atoms with E-state index in [0.717, 1.165) is 21.9 Å². The Morgan fingerprint density at radius 3 is 2.92 bits per heavy atom. The molecule has 2 rings (SSSR count). The highest BCUT2D eigenvalue weighted by molar-refractivity contribution is 9.08. The SMILES string of the molecule is [C-]#[N+]c1ccc(CBr)c2occc12. The second-order valence-corrected chi connectivity index (χ2v) is 3.21. The number of benzene rings is 1. The van der Waals surface area contributed by atoms with Gasteiger partial charge in [0.05, 0.1) is 12.8 Å². The van der Waals surface area contributed by atoms with E-state index in [2.05, 4.69) is 20.8 Å². The summed E-state index contributed by atoms with van der Waals surface area (Å²) in [5.74, 6) is 0. The minimum Gasteiger partial charge on any atom is -0.465 e. The lowest BCUT2D eigenvalue weighted by atomic mass is 10.1. The van der Waals surface area contributed by atoms with E-state index in [4.69, 9.17) is 11.0 Å². The van der Waals surface area contributed by atoms with E-state index in [1.165, 1.54) is 0 Å². The lowest BCUT2D eigenvalue weighted by molar-refractivity contribution is 0.613. The monoisotopic (exact) mass is 235 g/mol. The summed E-state index contributed by atoms with van der Waals surface area (Å²) in [4.78, 5) is 3.42. The molecule has 64 valence electrons. The summed E-state index contributed by atoms with van der Waals surface area (Å²) in [6.45, 7) is 6.96. The predicted molar refractivity (Wildman–Crippen MR) is 55.1 cm³/mol. The third-order valence-corrected chi connectivity index (χ3v) is 2.54. The molecule has 0 radical (unpaired) electrons. The van der Waals surface area contributed by atoms with Crippen LogP contribution in [0.2, 0.25) is 0 Å². The number of fused-ring (bicyclic) bond motifs is 1. The summed E-state index contributed by atoms with van der Waals surface area (Å²) in [6, 6.07) is 5.56. The van der Waals surface area contributed by atoms with Crippen LogP contribution in [0.5, 0.6) is 0 Å². The van der Waals surface area contributed by atoms with Crippen molar-refractivity contribution in [3.05, 3.63) is 41.4 Å². The highest BCUT2D eigenvalue weighted by Crippen LogP contribution is 2.30. The summed E-state index contributed by atoms with van der Waals surface area (Å²) in [5, 5.41) is 1.64. The Bertz CT molecular complexity index is 481. The molecule has 3 heteroatoms. The van der Waals surface area contributed by atoms with Gasteiger partial charge >= 0.3 is 0 Å². The molecule has 1 aromatic heterocycles. The fourth-order valence-corrected chi connectivity index (χ4v) is 1.75. The quantitative estimate of drug-likeness (QED) is 0.542. The Morgan fingerprint density at radius 1 is 1.38 bits per heavy atom. The van der Waals surface area contributed by atoms with Gasteiger partial charge in [0.25, 0.3) is 0 Å². The van der Waals surface area contributed by atoms with Crippen LogP contribution in [0, 0.1) is 6.57 Å². The van der Waals surface area contributed by atoms with Crippen molar-refractivity contribution in [3.63, 3.8) is 0 Å². The van der Waals surface area contributed by atoms with Gasteiger partial charge in [0, 0.05) is 16.3 Å². The number of hydrogen-bond acceptors (Lipinski definition) is 1. The lowest BCUT2D eigenvalue weighted by Crippen LogP contribution is -1.77. The minimum atomic E-state index is 0.647. The molecule has 0 aliphatic carbocycles.